The third-order valence-electron chi connectivity index (χ3n) is 2.65. The van der Waals surface area contributed by atoms with Gasteiger partial charge in [-0.05, 0) is 24.8 Å². The quantitative estimate of drug-likeness (QED) is 0.654. The van der Waals surface area contributed by atoms with Crippen LogP contribution in [0.15, 0.2) is 0 Å². The molecule has 0 amide bonds. The summed E-state index contributed by atoms with van der Waals surface area (Å²) >= 11 is 0. The molecule has 1 saturated heterocycles. The molecule has 0 radical (unpaired) electrons. The zero-order valence-electron chi connectivity index (χ0n) is 8.06. The van der Waals surface area contributed by atoms with E-state index in [9.17, 15) is 13.2 Å². The van der Waals surface area contributed by atoms with Gasteiger partial charge >= 0.3 is 6.18 Å². The van der Waals surface area contributed by atoms with Crippen LogP contribution < -0.4 is 0 Å². The normalized spacial score (nSPS) is 25.8. The number of rotatable bonds is 2. The minimum atomic E-state index is -4.04. The Morgan fingerprint density at radius 1 is 1.38 bits per heavy atom. The fraction of sp³-hybridized carbons (Fsp3) is 1.00. The van der Waals surface area contributed by atoms with Crippen molar-refractivity contribution in [2.24, 2.45) is 11.8 Å². The average Bonchev–Trinajstić information content (AvgIpc) is 2.31. The molecule has 1 fully saturated rings. The van der Waals surface area contributed by atoms with Crippen molar-refractivity contribution in [3.05, 3.63) is 0 Å². The van der Waals surface area contributed by atoms with Crippen molar-refractivity contribution in [2.75, 3.05) is 19.6 Å². The Balaban J connectivity index is 2.33. The molecule has 78 valence electrons. The van der Waals surface area contributed by atoms with E-state index >= 15 is 0 Å². The second-order valence-corrected chi connectivity index (χ2v) is 4.14. The molecule has 1 rings (SSSR count). The predicted octanol–water partition coefficient (Wildman–Crippen LogP) is 2.53. The molecule has 0 aliphatic carbocycles. The molecule has 0 N–H and O–H groups in total. The highest BCUT2D eigenvalue weighted by Gasteiger charge is 2.34. The maximum absolute atomic E-state index is 12.0. The predicted molar refractivity (Wildman–Crippen MR) is 45.4 cm³/mol. The van der Waals surface area contributed by atoms with E-state index in [4.69, 9.17) is 0 Å². The van der Waals surface area contributed by atoms with Crippen LogP contribution in [0.3, 0.4) is 0 Å². The number of nitrogens with zero attached hydrogens (tertiary/aromatic N) is 1. The monoisotopic (exact) mass is 195 g/mol. The fourth-order valence-electron chi connectivity index (χ4n) is 1.80. The Hall–Kier alpha value is -0.250. The number of hydrogen-bond acceptors (Lipinski definition) is 1. The lowest BCUT2D eigenvalue weighted by Crippen LogP contribution is -2.32. The molecule has 0 aromatic carbocycles. The van der Waals surface area contributed by atoms with Crippen LogP contribution in [-0.2, 0) is 0 Å². The molecule has 1 heterocycles. The summed E-state index contributed by atoms with van der Waals surface area (Å²) in [6.45, 7) is 4.61. The molecule has 0 spiro atoms. The van der Waals surface area contributed by atoms with Crippen LogP contribution in [0.25, 0.3) is 0 Å². The fourth-order valence-corrected chi connectivity index (χ4v) is 1.80. The van der Waals surface area contributed by atoms with E-state index in [1.54, 1.807) is 0 Å². The van der Waals surface area contributed by atoms with Gasteiger partial charge in [0.2, 0.25) is 0 Å². The van der Waals surface area contributed by atoms with Crippen LogP contribution in [0.5, 0.6) is 0 Å². The number of hydrogen-bond donors (Lipinski definition) is 0. The highest BCUT2D eigenvalue weighted by molar-refractivity contribution is 4.78. The van der Waals surface area contributed by atoms with Gasteiger partial charge in [-0.1, -0.05) is 13.8 Å². The highest BCUT2D eigenvalue weighted by atomic mass is 19.4. The Morgan fingerprint density at radius 3 is 2.38 bits per heavy atom. The first-order valence-corrected chi connectivity index (χ1v) is 4.67. The van der Waals surface area contributed by atoms with Gasteiger partial charge in [0.05, 0.1) is 6.54 Å². The standard InChI is InChI=1S/C9H16F3N/c1-7(2)8-3-4-13(5-8)6-9(10,11)12/h7-8H,3-6H2,1-2H3/t8-/m0/s1. The lowest BCUT2D eigenvalue weighted by Gasteiger charge is -2.18. The molecule has 0 bridgehead atoms. The van der Waals surface area contributed by atoms with Gasteiger partial charge < -0.3 is 0 Å². The Labute approximate surface area is 76.9 Å². The third kappa shape index (κ3) is 3.55. The molecular formula is C9H16F3N. The SMILES string of the molecule is CC(C)[C@H]1CCN(CC(F)(F)F)C1. The number of likely N-dealkylation sites (tertiary alicyclic amines) is 1. The molecule has 0 unspecified atom stereocenters. The zero-order chi connectivity index (χ0) is 10.1. The third-order valence-corrected chi connectivity index (χ3v) is 2.65. The Kier molecular flexibility index (Phi) is 3.22. The van der Waals surface area contributed by atoms with Gasteiger partial charge in [-0.15, -0.1) is 0 Å². The van der Waals surface area contributed by atoms with Crippen molar-refractivity contribution in [3.63, 3.8) is 0 Å². The van der Waals surface area contributed by atoms with Gasteiger partial charge in [0.15, 0.2) is 0 Å². The van der Waals surface area contributed by atoms with E-state index in [1.165, 1.54) is 4.90 Å². The van der Waals surface area contributed by atoms with Crippen LogP contribution in [0, 0.1) is 11.8 Å². The molecule has 0 aromatic rings. The second-order valence-electron chi connectivity index (χ2n) is 4.14. The minimum Gasteiger partial charge on any atom is -0.295 e. The number of alkyl halides is 3. The molecule has 1 nitrogen and oxygen atoms in total. The van der Waals surface area contributed by atoms with Crippen molar-refractivity contribution in [2.45, 2.75) is 26.4 Å². The van der Waals surface area contributed by atoms with E-state index in [2.05, 4.69) is 13.8 Å². The smallest absolute Gasteiger partial charge is 0.295 e. The van der Waals surface area contributed by atoms with Gasteiger partial charge in [-0.25, -0.2) is 0 Å². The van der Waals surface area contributed by atoms with Gasteiger partial charge in [-0.3, -0.25) is 4.90 Å². The van der Waals surface area contributed by atoms with E-state index in [-0.39, 0.29) is 0 Å². The number of halogens is 3. The summed E-state index contributed by atoms with van der Waals surface area (Å²) < 4.78 is 36.0. The van der Waals surface area contributed by atoms with Gasteiger partial charge in [0, 0.05) is 6.54 Å². The Morgan fingerprint density at radius 2 is 2.00 bits per heavy atom. The summed E-state index contributed by atoms with van der Waals surface area (Å²) in [7, 11) is 0. The summed E-state index contributed by atoms with van der Waals surface area (Å²) in [6, 6.07) is 0. The topological polar surface area (TPSA) is 3.24 Å². The molecule has 0 saturated carbocycles. The van der Waals surface area contributed by atoms with Crippen molar-refractivity contribution < 1.29 is 13.2 Å². The lowest BCUT2D eigenvalue weighted by atomic mass is 9.95. The van der Waals surface area contributed by atoms with Crippen molar-refractivity contribution in [1.29, 1.82) is 0 Å². The summed E-state index contributed by atoms with van der Waals surface area (Å²) in [5, 5.41) is 0. The Bertz CT molecular complexity index is 165. The van der Waals surface area contributed by atoms with E-state index in [0.29, 0.717) is 24.9 Å². The first kappa shape index (κ1) is 10.8. The largest absolute Gasteiger partial charge is 0.401 e. The first-order valence-electron chi connectivity index (χ1n) is 4.67. The lowest BCUT2D eigenvalue weighted by molar-refractivity contribution is -0.143. The summed E-state index contributed by atoms with van der Waals surface area (Å²) in [5.74, 6) is 0.945. The average molecular weight is 195 g/mol. The van der Waals surface area contributed by atoms with Gasteiger partial charge in [0.25, 0.3) is 0 Å². The molecule has 1 atom stereocenters. The maximum atomic E-state index is 12.0. The zero-order valence-corrected chi connectivity index (χ0v) is 8.06. The van der Waals surface area contributed by atoms with Crippen LogP contribution in [0.1, 0.15) is 20.3 Å². The molecule has 13 heavy (non-hydrogen) atoms. The summed E-state index contributed by atoms with van der Waals surface area (Å²) in [4.78, 5) is 1.50. The van der Waals surface area contributed by atoms with Crippen LogP contribution in [0.2, 0.25) is 0 Å². The van der Waals surface area contributed by atoms with E-state index < -0.39 is 12.7 Å². The molecule has 1 aliphatic heterocycles. The molecular weight excluding hydrogens is 179 g/mol. The minimum absolute atomic E-state index is 0.447. The van der Waals surface area contributed by atoms with Crippen LogP contribution >= 0.6 is 0 Å². The van der Waals surface area contributed by atoms with E-state index in [1.807, 2.05) is 0 Å². The van der Waals surface area contributed by atoms with Gasteiger partial charge in [0.1, 0.15) is 0 Å². The van der Waals surface area contributed by atoms with Crippen molar-refractivity contribution in [3.8, 4) is 0 Å². The van der Waals surface area contributed by atoms with E-state index in [0.717, 1.165) is 6.42 Å². The highest BCUT2D eigenvalue weighted by Crippen LogP contribution is 2.26. The van der Waals surface area contributed by atoms with Crippen LogP contribution in [0.4, 0.5) is 13.2 Å². The maximum Gasteiger partial charge on any atom is 0.401 e. The van der Waals surface area contributed by atoms with Crippen molar-refractivity contribution in [1.82, 2.24) is 4.90 Å². The second kappa shape index (κ2) is 3.86. The summed E-state index contributed by atoms with van der Waals surface area (Å²) in [5.41, 5.74) is 0. The molecule has 1 aliphatic rings. The molecule has 0 aromatic heterocycles. The van der Waals surface area contributed by atoms with Gasteiger partial charge in [-0.2, -0.15) is 13.2 Å². The van der Waals surface area contributed by atoms with Crippen molar-refractivity contribution >= 4 is 0 Å². The molecule has 4 heteroatoms. The van der Waals surface area contributed by atoms with Crippen LogP contribution in [-0.4, -0.2) is 30.7 Å². The summed E-state index contributed by atoms with van der Waals surface area (Å²) in [6.07, 6.45) is -3.13. The first-order chi connectivity index (χ1) is 5.88.